The Morgan fingerprint density at radius 1 is 0.900 bits per heavy atom. The molecular formula is H2F2N2O3S3. The first-order valence-corrected chi connectivity index (χ1v) is 4.88. The number of nitrogens with one attached hydrogen (secondary N) is 2. The van der Waals surface area contributed by atoms with Crippen LogP contribution in [0.15, 0.2) is 0 Å². The molecule has 0 bridgehead atoms. The van der Waals surface area contributed by atoms with Crippen molar-refractivity contribution in [2.75, 3.05) is 0 Å². The van der Waals surface area contributed by atoms with Gasteiger partial charge in [-0.25, -0.2) is 0 Å². The summed E-state index contributed by atoms with van der Waals surface area (Å²) in [5, 5.41) is 0. The zero-order valence-corrected chi connectivity index (χ0v) is 6.65. The molecule has 0 saturated heterocycles. The van der Waals surface area contributed by atoms with Gasteiger partial charge in [-0.3, -0.25) is 0 Å². The molecule has 0 aliphatic heterocycles. The second kappa shape index (κ2) is 5.37. The number of rotatable bonds is 4. The van der Waals surface area contributed by atoms with Gasteiger partial charge in [-0.15, -0.1) is 0 Å². The van der Waals surface area contributed by atoms with E-state index >= 15 is 0 Å². The molecule has 0 spiro atoms. The molecule has 0 aromatic rings. The van der Waals surface area contributed by atoms with Crippen LogP contribution in [-0.4, -0.2) is 13.7 Å². The van der Waals surface area contributed by atoms with Crippen LogP contribution in [-0.2, 0) is 35.0 Å². The molecule has 0 aromatic heterocycles. The summed E-state index contributed by atoms with van der Waals surface area (Å²) in [6, 6.07) is 0. The Hall–Kier alpha value is 0.710. The van der Waals surface area contributed by atoms with E-state index in [0.29, 0.717) is 0 Å². The van der Waals surface area contributed by atoms with Crippen LogP contribution in [0, 0.1) is 0 Å². The van der Waals surface area contributed by atoms with Crippen molar-refractivity contribution in [3.8, 4) is 0 Å². The lowest BCUT2D eigenvalue weighted by atomic mass is 13.8. The van der Waals surface area contributed by atoms with Gasteiger partial charge in [0.1, 0.15) is 8.25 Å². The van der Waals surface area contributed by atoms with Crippen molar-refractivity contribution >= 4 is 35.0 Å². The summed E-state index contributed by atoms with van der Waals surface area (Å²) in [5.41, 5.74) is 0. The van der Waals surface area contributed by atoms with Crippen molar-refractivity contribution < 1.29 is 21.4 Å². The quantitative estimate of drug-likeness (QED) is 0.573. The van der Waals surface area contributed by atoms with Gasteiger partial charge >= 0.3 is 23.5 Å². The van der Waals surface area contributed by atoms with E-state index in [9.17, 15) is 21.4 Å². The van der Waals surface area contributed by atoms with E-state index in [4.69, 9.17) is 0 Å². The fraction of sp³-hybridized carbons (Fsp3) is 0. The number of hydrogen-bond donors (Lipinski definition) is 2. The zero-order valence-electron chi connectivity index (χ0n) is 4.21. The van der Waals surface area contributed by atoms with Gasteiger partial charge in [-0.05, 0) is 0 Å². The van der Waals surface area contributed by atoms with Crippen molar-refractivity contribution in [3.63, 3.8) is 0 Å². The molecule has 10 heavy (non-hydrogen) atoms. The highest BCUT2D eigenvalue weighted by molar-refractivity contribution is 8.07. The molecule has 2 atom stereocenters. The van der Waals surface area contributed by atoms with Gasteiger partial charge in [-0.1, -0.05) is 0 Å². The Morgan fingerprint density at radius 2 is 1.20 bits per heavy atom. The number of halogens is 2. The van der Waals surface area contributed by atoms with Crippen LogP contribution < -0.4 is 8.25 Å². The van der Waals surface area contributed by atoms with Crippen LogP contribution in [0.4, 0.5) is 7.77 Å². The highest BCUT2D eigenvalue weighted by Gasteiger charge is 2.24. The van der Waals surface area contributed by atoms with Gasteiger partial charge < -0.3 is 13.7 Å². The van der Waals surface area contributed by atoms with E-state index in [1.807, 2.05) is 0 Å². The van der Waals surface area contributed by atoms with E-state index in [1.54, 1.807) is 0 Å². The normalized spacial score (nSPS) is 20.1. The molecule has 0 fully saturated rings. The van der Waals surface area contributed by atoms with Gasteiger partial charge in [0.15, 0.2) is 0 Å². The standard InChI is InChI=1S/F2H2N2O3S3/c1-8(5)3-10(7)4-9(2)6/h3-4H. The van der Waals surface area contributed by atoms with Gasteiger partial charge in [0.2, 0.25) is 11.5 Å². The summed E-state index contributed by atoms with van der Waals surface area (Å²) in [4.78, 5) is 0. The van der Waals surface area contributed by atoms with Crippen molar-refractivity contribution in [2.24, 2.45) is 0 Å². The summed E-state index contributed by atoms with van der Waals surface area (Å²) in [6.07, 6.45) is 0. The van der Waals surface area contributed by atoms with Gasteiger partial charge in [0, 0.05) is 7.77 Å². The van der Waals surface area contributed by atoms with E-state index < -0.39 is 35.0 Å². The summed E-state index contributed by atoms with van der Waals surface area (Å²) < 4.78 is 54.1. The number of hydrogen-bond acceptors (Lipinski definition) is 5. The third-order valence-corrected chi connectivity index (χ3v) is 2.54. The van der Waals surface area contributed by atoms with Crippen molar-refractivity contribution in [3.05, 3.63) is 0 Å². The second-order valence-electron chi connectivity index (χ2n) is 0.882. The SMILES string of the molecule is [O-][S+](F)N[S+]([O-])N[S+]([O-])F. The molecule has 0 radical (unpaired) electrons. The van der Waals surface area contributed by atoms with Gasteiger partial charge in [0.25, 0.3) is 0 Å². The third-order valence-electron chi connectivity index (χ3n) is 0.282. The Balaban J connectivity index is 3.34. The van der Waals surface area contributed by atoms with Crippen molar-refractivity contribution in [2.45, 2.75) is 0 Å². The minimum atomic E-state index is -3.03. The van der Waals surface area contributed by atoms with Crippen LogP contribution in [0.2, 0.25) is 0 Å². The van der Waals surface area contributed by atoms with Crippen LogP contribution in [0.3, 0.4) is 0 Å². The predicted molar refractivity (Wildman–Crippen MR) is 32.9 cm³/mol. The maximum atomic E-state index is 11.3. The fourth-order valence-corrected chi connectivity index (χ4v) is 1.53. The average Bonchev–Trinajstić information content (AvgIpc) is 1.58. The summed E-state index contributed by atoms with van der Waals surface area (Å²) in [7, 11) is 0. The average molecular weight is 212 g/mol. The maximum Gasteiger partial charge on any atom is 0.323 e. The molecule has 0 heterocycles. The summed E-state index contributed by atoms with van der Waals surface area (Å²) >= 11 is -8.48. The van der Waals surface area contributed by atoms with E-state index in [-0.39, 0.29) is 0 Å². The lowest BCUT2D eigenvalue weighted by molar-refractivity contribution is 0.533. The van der Waals surface area contributed by atoms with E-state index in [0.717, 1.165) is 0 Å². The maximum absolute atomic E-state index is 11.3. The van der Waals surface area contributed by atoms with Gasteiger partial charge in [0.05, 0.1) is 0 Å². The minimum absolute atomic E-state index is 1.21. The van der Waals surface area contributed by atoms with Crippen LogP contribution in [0.5, 0.6) is 0 Å². The Kier molecular flexibility index (Phi) is 5.75. The van der Waals surface area contributed by atoms with Crippen molar-refractivity contribution in [1.82, 2.24) is 8.25 Å². The largest absolute Gasteiger partial charge is 0.572 e. The summed E-state index contributed by atoms with van der Waals surface area (Å²) in [6.45, 7) is 0. The van der Waals surface area contributed by atoms with Crippen LogP contribution in [0.25, 0.3) is 0 Å². The van der Waals surface area contributed by atoms with E-state index in [2.05, 4.69) is 0 Å². The molecule has 2 N–H and O–H groups in total. The molecule has 5 nitrogen and oxygen atoms in total. The molecule has 0 aromatic carbocycles. The first-order valence-electron chi connectivity index (χ1n) is 1.63. The third kappa shape index (κ3) is 6.82. The summed E-state index contributed by atoms with van der Waals surface area (Å²) in [5.74, 6) is 0. The molecule has 0 aliphatic rings. The fourth-order valence-electron chi connectivity index (χ4n) is 0.136. The first kappa shape index (κ1) is 10.7. The highest BCUT2D eigenvalue weighted by atomic mass is 32.3. The first-order chi connectivity index (χ1) is 4.52. The Bertz CT molecular complexity index is 81.8. The molecule has 0 amide bonds. The molecule has 0 aliphatic carbocycles. The van der Waals surface area contributed by atoms with Crippen LogP contribution >= 0.6 is 0 Å². The smallest absolute Gasteiger partial charge is 0.323 e. The van der Waals surface area contributed by atoms with Crippen molar-refractivity contribution in [1.29, 1.82) is 0 Å². The Morgan fingerprint density at radius 3 is 1.40 bits per heavy atom. The zero-order chi connectivity index (χ0) is 8.15. The molecule has 2 unspecified atom stereocenters. The van der Waals surface area contributed by atoms with E-state index in [1.165, 1.54) is 8.25 Å². The van der Waals surface area contributed by atoms with Gasteiger partial charge in [-0.2, -0.15) is 0 Å². The Labute approximate surface area is 65.2 Å². The molecule has 62 valence electrons. The second-order valence-corrected chi connectivity index (χ2v) is 3.65. The predicted octanol–water partition coefficient (Wildman–Crippen LogP) is -1.16. The molecule has 0 rings (SSSR count). The molecule has 0 saturated carbocycles. The molecule has 10 heteroatoms. The lowest BCUT2D eigenvalue weighted by Crippen LogP contribution is -2.40. The minimum Gasteiger partial charge on any atom is -0.572 e. The monoisotopic (exact) mass is 212 g/mol. The molecular weight excluding hydrogens is 210 g/mol. The lowest BCUT2D eigenvalue weighted by Gasteiger charge is -2.02. The highest BCUT2D eigenvalue weighted by Crippen LogP contribution is 1.92. The van der Waals surface area contributed by atoms with Crippen LogP contribution in [0.1, 0.15) is 0 Å². The topological polar surface area (TPSA) is 93.2 Å².